The van der Waals surface area contributed by atoms with Gasteiger partial charge in [0, 0.05) is 22.0 Å². The molecular weight excluding hydrogens is 421 g/mol. The fourth-order valence-corrected chi connectivity index (χ4v) is 2.80. The quantitative estimate of drug-likeness (QED) is 0.492. The van der Waals surface area contributed by atoms with Crippen LogP contribution >= 0.6 is 15.9 Å². The molecule has 0 saturated carbocycles. The summed E-state index contributed by atoms with van der Waals surface area (Å²) in [5, 5.41) is 5.66. The third-order valence-electron chi connectivity index (χ3n) is 3.80. The molecule has 0 aliphatic carbocycles. The molecule has 0 saturated heterocycles. The standard InChI is InChI=1S/C19H16BrF3N4/c1-2-12-6-8-14(9-7-12)26-18-24-11-16(19(21,22)23)17(27-18)25-15-5-3-4-13(20)10-15/h3-11H,2H2,1H3,(H2,24,25,26,27). The maximum Gasteiger partial charge on any atom is 0.421 e. The molecule has 8 heteroatoms. The number of benzene rings is 2. The molecule has 0 radical (unpaired) electrons. The van der Waals surface area contributed by atoms with Crippen molar-refractivity contribution in [3.05, 3.63) is 70.3 Å². The summed E-state index contributed by atoms with van der Waals surface area (Å²) in [4.78, 5) is 7.84. The molecule has 3 aromatic rings. The number of hydrogen-bond acceptors (Lipinski definition) is 4. The number of anilines is 4. The third kappa shape index (κ3) is 4.97. The molecule has 0 unspecified atom stereocenters. The molecule has 1 heterocycles. The monoisotopic (exact) mass is 436 g/mol. The first kappa shape index (κ1) is 19.2. The van der Waals surface area contributed by atoms with Gasteiger partial charge >= 0.3 is 6.18 Å². The largest absolute Gasteiger partial charge is 0.421 e. The van der Waals surface area contributed by atoms with Crippen LogP contribution < -0.4 is 10.6 Å². The van der Waals surface area contributed by atoms with Gasteiger partial charge in [0.15, 0.2) is 0 Å². The number of aromatic nitrogens is 2. The minimum atomic E-state index is -4.57. The van der Waals surface area contributed by atoms with E-state index in [4.69, 9.17) is 0 Å². The van der Waals surface area contributed by atoms with E-state index in [0.29, 0.717) is 11.4 Å². The van der Waals surface area contributed by atoms with E-state index < -0.39 is 11.7 Å². The number of alkyl halides is 3. The van der Waals surface area contributed by atoms with Crippen molar-refractivity contribution in [1.82, 2.24) is 9.97 Å². The average molecular weight is 437 g/mol. The molecule has 0 spiro atoms. The van der Waals surface area contributed by atoms with Crippen molar-refractivity contribution in [2.75, 3.05) is 10.6 Å². The van der Waals surface area contributed by atoms with Crippen LogP contribution in [0, 0.1) is 0 Å². The lowest BCUT2D eigenvalue weighted by Gasteiger charge is -2.15. The molecule has 27 heavy (non-hydrogen) atoms. The second kappa shape index (κ2) is 7.96. The first-order valence-corrected chi connectivity index (χ1v) is 8.97. The number of hydrogen-bond donors (Lipinski definition) is 2. The highest BCUT2D eigenvalue weighted by Crippen LogP contribution is 2.35. The van der Waals surface area contributed by atoms with Crippen LogP contribution in [0.2, 0.25) is 0 Å². The Morgan fingerprint density at radius 1 is 1.00 bits per heavy atom. The van der Waals surface area contributed by atoms with E-state index in [1.165, 1.54) is 0 Å². The molecule has 0 atom stereocenters. The van der Waals surface area contributed by atoms with Crippen molar-refractivity contribution < 1.29 is 13.2 Å². The first-order chi connectivity index (χ1) is 12.8. The minimum Gasteiger partial charge on any atom is -0.340 e. The zero-order chi connectivity index (χ0) is 19.4. The van der Waals surface area contributed by atoms with Gasteiger partial charge in [-0.25, -0.2) is 4.98 Å². The van der Waals surface area contributed by atoms with Gasteiger partial charge in [-0.3, -0.25) is 0 Å². The smallest absolute Gasteiger partial charge is 0.340 e. The Morgan fingerprint density at radius 2 is 1.74 bits per heavy atom. The summed E-state index contributed by atoms with van der Waals surface area (Å²) < 4.78 is 40.7. The van der Waals surface area contributed by atoms with Gasteiger partial charge in [-0.2, -0.15) is 18.2 Å². The molecule has 140 valence electrons. The summed E-state index contributed by atoms with van der Waals surface area (Å²) in [7, 11) is 0. The predicted octanol–water partition coefficient (Wildman–Crippen LogP) is 6.31. The summed E-state index contributed by atoms with van der Waals surface area (Å²) in [5.74, 6) is -0.243. The van der Waals surface area contributed by atoms with Crippen LogP contribution in [0.25, 0.3) is 0 Å². The van der Waals surface area contributed by atoms with E-state index in [2.05, 4.69) is 36.5 Å². The number of nitrogens with zero attached hydrogens (tertiary/aromatic N) is 2. The molecule has 0 amide bonds. The lowest BCUT2D eigenvalue weighted by molar-refractivity contribution is -0.137. The van der Waals surface area contributed by atoms with Gasteiger partial charge in [0.1, 0.15) is 11.4 Å². The Morgan fingerprint density at radius 3 is 2.37 bits per heavy atom. The highest BCUT2D eigenvalue weighted by Gasteiger charge is 2.35. The fraction of sp³-hybridized carbons (Fsp3) is 0.158. The van der Waals surface area contributed by atoms with Gasteiger partial charge in [-0.15, -0.1) is 0 Å². The Bertz CT molecular complexity index is 927. The van der Waals surface area contributed by atoms with E-state index in [-0.39, 0.29) is 11.8 Å². The molecule has 0 bridgehead atoms. The highest BCUT2D eigenvalue weighted by atomic mass is 79.9. The van der Waals surface area contributed by atoms with Gasteiger partial charge in [-0.05, 0) is 42.3 Å². The van der Waals surface area contributed by atoms with Crippen molar-refractivity contribution in [1.29, 1.82) is 0 Å². The van der Waals surface area contributed by atoms with Crippen molar-refractivity contribution in [2.24, 2.45) is 0 Å². The Hall–Kier alpha value is -2.61. The van der Waals surface area contributed by atoms with E-state index in [1.807, 2.05) is 31.2 Å². The summed E-state index contributed by atoms with van der Waals surface area (Å²) in [6.45, 7) is 2.04. The number of rotatable bonds is 5. The molecule has 3 rings (SSSR count). The Kier molecular flexibility index (Phi) is 5.65. The summed E-state index contributed by atoms with van der Waals surface area (Å²) >= 11 is 3.30. The average Bonchev–Trinajstić information content (AvgIpc) is 2.61. The van der Waals surface area contributed by atoms with Gasteiger partial charge in [0.25, 0.3) is 0 Å². The SMILES string of the molecule is CCc1ccc(Nc2ncc(C(F)(F)F)c(Nc3cccc(Br)c3)n2)cc1. The summed E-state index contributed by atoms with van der Waals surface area (Å²) in [6.07, 6.45) is -2.90. The molecule has 0 aliphatic rings. The van der Waals surface area contributed by atoms with Crippen molar-refractivity contribution in [3.8, 4) is 0 Å². The normalized spacial score (nSPS) is 11.3. The van der Waals surface area contributed by atoms with Crippen LogP contribution in [0.15, 0.2) is 59.2 Å². The van der Waals surface area contributed by atoms with Crippen LogP contribution in [0.5, 0.6) is 0 Å². The van der Waals surface area contributed by atoms with Crippen LogP contribution in [0.1, 0.15) is 18.1 Å². The number of nitrogens with one attached hydrogen (secondary N) is 2. The molecule has 0 fully saturated rings. The van der Waals surface area contributed by atoms with Crippen molar-refractivity contribution in [2.45, 2.75) is 19.5 Å². The van der Waals surface area contributed by atoms with Crippen molar-refractivity contribution >= 4 is 39.1 Å². The van der Waals surface area contributed by atoms with E-state index in [0.717, 1.165) is 22.7 Å². The van der Waals surface area contributed by atoms with Gasteiger partial charge in [0.2, 0.25) is 5.95 Å². The first-order valence-electron chi connectivity index (χ1n) is 8.18. The number of halogens is 4. The van der Waals surface area contributed by atoms with Gasteiger partial charge < -0.3 is 10.6 Å². The maximum atomic E-state index is 13.3. The fourth-order valence-electron chi connectivity index (χ4n) is 2.40. The second-order valence-electron chi connectivity index (χ2n) is 5.76. The van der Waals surface area contributed by atoms with E-state index in [1.54, 1.807) is 24.3 Å². The maximum absolute atomic E-state index is 13.3. The lowest BCUT2D eigenvalue weighted by atomic mass is 10.1. The van der Waals surface area contributed by atoms with Crippen molar-refractivity contribution in [3.63, 3.8) is 0 Å². The van der Waals surface area contributed by atoms with Crippen LogP contribution in [-0.2, 0) is 12.6 Å². The zero-order valence-electron chi connectivity index (χ0n) is 14.3. The Balaban J connectivity index is 1.92. The molecule has 2 N–H and O–H groups in total. The molecule has 2 aromatic carbocycles. The predicted molar refractivity (Wildman–Crippen MR) is 104 cm³/mol. The highest BCUT2D eigenvalue weighted by molar-refractivity contribution is 9.10. The summed E-state index contributed by atoms with van der Waals surface area (Å²) in [6, 6.07) is 14.4. The van der Waals surface area contributed by atoms with Gasteiger partial charge in [-0.1, -0.05) is 41.1 Å². The number of aryl methyl sites for hydroxylation is 1. The second-order valence-corrected chi connectivity index (χ2v) is 6.68. The van der Waals surface area contributed by atoms with Gasteiger partial charge in [0.05, 0.1) is 0 Å². The summed E-state index contributed by atoms with van der Waals surface area (Å²) in [5.41, 5.74) is 1.40. The van der Waals surface area contributed by atoms with Crippen LogP contribution in [0.4, 0.5) is 36.3 Å². The Labute approximate surface area is 163 Å². The minimum absolute atomic E-state index is 0.0738. The van der Waals surface area contributed by atoms with Crippen LogP contribution in [-0.4, -0.2) is 9.97 Å². The molecule has 0 aliphatic heterocycles. The lowest BCUT2D eigenvalue weighted by Crippen LogP contribution is -2.12. The van der Waals surface area contributed by atoms with E-state index >= 15 is 0 Å². The molecule has 4 nitrogen and oxygen atoms in total. The molecular formula is C19H16BrF3N4. The topological polar surface area (TPSA) is 49.8 Å². The third-order valence-corrected chi connectivity index (χ3v) is 4.29. The van der Waals surface area contributed by atoms with E-state index in [9.17, 15) is 13.2 Å². The molecule has 1 aromatic heterocycles. The zero-order valence-corrected chi connectivity index (χ0v) is 15.9. The van der Waals surface area contributed by atoms with Crippen LogP contribution in [0.3, 0.4) is 0 Å².